The third-order valence-corrected chi connectivity index (χ3v) is 11.9. The first-order valence-electron chi connectivity index (χ1n) is 19.6. The summed E-state index contributed by atoms with van der Waals surface area (Å²) in [5.74, 6) is -1.56. The molecule has 300 valence electrons. The molecule has 1 aromatic carbocycles. The molecule has 58 heavy (non-hydrogen) atoms. The molecule has 0 aliphatic carbocycles. The summed E-state index contributed by atoms with van der Waals surface area (Å²) in [5.41, 5.74) is 2.02. The SMILES string of the molecule is O=C1CCC(N2C(=O)c3cccc(N4CCC4C(N4CCCCC4)n4cc(-n5cc(-c6cnn7ccc(N8CCOCC8)nc67)nn5)c(C(F)F)n4)c3C2=O)C(=O)N1. The van der Waals surface area contributed by atoms with Gasteiger partial charge in [-0.05, 0) is 43.9 Å². The van der Waals surface area contributed by atoms with Crippen LogP contribution in [0.1, 0.15) is 77.5 Å². The van der Waals surface area contributed by atoms with Crippen LogP contribution < -0.4 is 15.1 Å². The molecule has 3 unspecified atom stereocenters. The van der Waals surface area contributed by atoms with Crippen LogP contribution in [0.2, 0.25) is 0 Å². The van der Waals surface area contributed by atoms with Crippen molar-refractivity contribution in [3.63, 3.8) is 0 Å². The molecule has 0 spiro atoms. The number of ether oxygens (including phenoxy) is 1. The predicted molar refractivity (Wildman–Crippen MR) is 200 cm³/mol. The Hall–Kier alpha value is -6.15. The molecule has 5 aliphatic rings. The van der Waals surface area contributed by atoms with Crippen molar-refractivity contribution in [2.24, 2.45) is 0 Å². The van der Waals surface area contributed by atoms with E-state index < -0.39 is 48.0 Å². The zero-order chi connectivity index (χ0) is 39.7. The van der Waals surface area contributed by atoms with Gasteiger partial charge in [0.1, 0.15) is 29.4 Å². The van der Waals surface area contributed by atoms with E-state index in [1.807, 2.05) is 17.2 Å². The molecule has 18 nitrogen and oxygen atoms in total. The van der Waals surface area contributed by atoms with Gasteiger partial charge in [-0.25, -0.2) is 23.0 Å². The Kier molecular flexibility index (Phi) is 8.96. The molecule has 0 radical (unpaired) electrons. The Morgan fingerprint density at radius 1 is 0.879 bits per heavy atom. The molecular weight excluding hydrogens is 756 g/mol. The fourth-order valence-electron chi connectivity index (χ4n) is 8.90. The van der Waals surface area contributed by atoms with Crippen LogP contribution in [-0.4, -0.2) is 131 Å². The molecule has 10 rings (SSSR count). The number of likely N-dealkylation sites (tertiary alicyclic amines) is 1. The number of fused-ring (bicyclic) bond motifs is 2. The molecule has 0 bridgehead atoms. The van der Waals surface area contributed by atoms with Gasteiger partial charge in [0.2, 0.25) is 11.8 Å². The Morgan fingerprint density at radius 3 is 2.47 bits per heavy atom. The summed E-state index contributed by atoms with van der Waals surface area (Å²) in [6.07, 6.45) is 6.73. The third kappa shape index (κ3) is 6.00. The van der Waals surface area contributed by atoms with Crippen molar-refractivity contribution in [2.75, 3.05) is 55.7 Å². The molecule has 3 atom stereocenters. The van der Waals surface area contributed by atoms with E-state index in [9.17, 15) is 28.0 Å². The minimum absolute atomic E-state index is 0.0128. The molecule has 5 aliphatic heterocycles. The van der Waals surface area contributed by atoms with E-state index in [1.54, 1.807) is 46.0 Å². The van der Waals surface area contributed by atoms with Crippen molar-refractivity contribution < 1.29 is 32.7 Å². The van der Waals surface area contributed by atoms with E-state index >= 15 is 0 Å². The fraction of sp³-hybridized carbons (Fsp3) is 0.447. The lowest BCUT2D eigenvalue weighted by atomic mass is 9.94. The number of alkyl halides is 2. The Balaban J connectivity index is 0.982. The highest BCUT2D eigenvalue weighted by molar-refractivity contribution is 6.25. The van der Waals surface area contributed by atoms with E-state index in [0.29, 0.717) is 75.0 Å². The number of rotatable bonds is 9. The average molecular weight is 796 g/mol. The van der Waals surface area contributed by atoms with E-state index in [-0.39, 0.29) is 35.7 Å². The standard InChI is InChI=1S/C38H39F2N13O5/c39-33(40)32-28(51-20-24(44-46-51)23-19-41-50-14-10-29(42-34(23)50)47-15-17-58-18-16-47)21-52(45-32)36(48-11-2-1-3-12-48)27-9-13-49(27)25-6-4-5-22-31(25)38(57)53(37(22)56)26-7-8-30(54)43-35(26)55/h4-6,10,14,19-21,26-27,33,36H,1-3,7-9,11-13,15-18H2,(H,43,54,55). The highest BCUT2D eigenvalue weighted by Crippen LogP contribution is 2.42. The summed E-state index contributed by atoms with van der Waals surface area (Å²) in [6.45, 7) is 4.57. The molecule has 5 aromatic rings. The number of hydrogen-bond acceptors (Lipinski definition) is 13. The second-order valence-corrected chi connectivity index (χ2v) is 15.1. The maximum atomic E-state index is 14.9. The van der Waals surface area contributed by atoms with E-state index in [4.69, 9.17) is 9.72 Å². The van der Waals surface area contributed by atoms with Crippen molar-refractivity contribution >= 4 is 40.8 Å². The number of nitrogens with one attached hydrogen (secondary N) is 1. The van der Waals surface area contributed by atoms with Crippen LogP contribution in [0.3, 0.4) is 0 Å². The number of amides is 4. The molecule has 1 N–H and O–H groups in total. The van der Waals surface area contributed by atoms with Crippen LogP contribution in [-0.2, 0) is 14.3 Å². The van der Waals surface area contributed by atoms with Gasteiger partial charge in [-0.15, -0.1) is 5.10 Å². The zero-order valence-corrected chi connectivity index (χ0v) is 31.3. The first-order chi connectivity index (χ1) is 28.2. The van der Waals surface area contributed by atoms with Gasteiger partial charge in [-0.1, -0.05) is 17.7 Å². The van der Waals surface area contributed by atoms with E-state index in [1.165, 1.54) is 4.68 Å². The summed E-state index contributed by atoms with van der Waals surface area (Å²) >= 11 is 0. The van der Waals surface area contributed by atoms with E-state index in [0.717, 1.165) is 30.0 Å². The maximum absolute atomic E-state index is 14.9. The minimum atomic E-state index is -2.93. The topological polar surface area (TPSA) is 181 Å². The summed E-state index contributed by atoms with van der Waals surface area (Å²) in [5, 5.41) is 19.8. The molecule has 4 fully saturated rings. The smallest absolute Gasteiger partial charge is 0.284 e. The van der Waals surface area contributed by atoms with Gasteiger partial charge >= 0.3 is 0 Å². The first-order valence-corrected chi connectivity index (χ1v) is 19.6. The second kappa shape index (κ2) is 14.3. The lowest BCUT2D eigenvalue weighted by molar-refractivity contribution is -0.136. The van der Waals surface area contributed by atoms with Crippen LogP contribution >= 0.6 is 0 Å². The number of morpholine rings is 1. The normalized spacial score (nSPS) is 22.2. The Labute approximate surface area is 329 Å². The number of nitrogens with zero attached hydrogens (tertiary/aromatic N) is 12. The lowest BCUT2D eigenvalue weighted by Gasteiger charge is -2.51. The van der Waals surface area contributed by atoms with E-state index in [2.05, 4.69) is 35.6 Å². The summed E-state index contributed by atoms with van der Waals surface area (Å²) in [4.78, 5) is 64.5. The van der Waals surface area contributed by atoms with Gasteiger partial charge < -0.3 is 14.5 Å². The Morgan fingerprint density at radius 2 is 1.71 bits per heavy atom. The predicted octanol–water partition coefficient (Wildman–Crippen LogP) is 2.61. The largest absolute Gasteiger partial charge is 0.378 e. The highest BCUT2D eigenvalue weighted by Gasteiger charge is 2.48. The van der Waals surface area contributed by atoms with Crippen LogP contribution in [0.4, 0.5) is 20.3 Å². The van der Waals surface area contributed by atoms with Crippen LogP contribution in [0.25, 0.3) is 22.6 Å². The van der Waals surface area contributed by atoms with Gasteiger partial charge in [0.05, 0.1) is 60.2 Å². The van der Waals surface area contributed by atoms with Gasteiger partial charge in [0.15, 0.2) is 11.3 Å². The molecule has 4 amide bonds. The molecular formula is C38H39F2N13O5. The highest BCUT2D eigenvalue weighted by atomic mass is 19.3. The molecule has 20 heteroatoms. The van der Waals surface area contributed by atoms with Gasteiger partial charge in [-0.2, -0.15) is 10.2 Å². The number of benzene rings is 1. The quantitative estimate of drug-likeness (QED) is 0.215. The molecule has 9 heterocycles. The maximum Gasteiger partial charge on any atom is 0.284 e. The molecule has 0 saturated carbocycles. The van der Waals surface area contributed by atoms with Crippen LogP contribution in [0.15, 0.2) is 49.1 Å². The zero-order valence-electron chi connectivity index (χ0n) is 31.3. The van der Waals surface area contributed by atoms with Crippen molar-refractivity contribution in [2.45, 2.75) is 63.2 Å². The monoisotopic (exact) mass is 795 g/mol. The van der Waals surface area contributed by atoms with Crippen LogP contribution in [0, 0.1) is 0 Å². The average Bonchev–Trinajstić information content (AvgIpc) is 4.03. The first kappa shape index (κ1) is 36.2. The van der Waals surface area contributed by atoms with Gasteiger partial charge in [-0.3, -0.25) is 39.0 Å². The summed E-state index contributed by atoms with van der Waals surface area (Å²) in [7, 11) is 0. The number of hydrogen-bond donors (Lipinski definition) is 1. The third-order valence-electron chi connectivity index (χ3n) is 11.9. The van der Waals surface area contributed by atoms with Crippen molar-refractivity contribution in [3.8, 4) is 16.9 Å². The summed E-state index contributed by atoms with van der Waals surface area (Å²) < 4.78 is 39.9. The number of aromatic nitrogens is 8. The second-order valence-electron chi connectivity index (χ2n) is 15.1. The number of carbonyl (C=O) groups is 4. The van der Waals surface area contributed by atoms with Gasteiger partial charge in [0, 0.05) is 45.3 Å². The Bertz CT molecular complexity index is 2450. The molecule has 4 aromatic heterocycles. The minimum Gasteiger partial charge on any atom is -0.378 e. The van der Waals surface area contributed by atoms with Gasteiger partial charge in [0.25, 0.3) is 18.2 Å². The summed E-state index contributed by atoms with van der Waals surface area (Å²) in [6, 6.07) is 5.50. The number of halogens is 2. The molecule has 4 saturated heterocycles. The lowest BCUT2D eigenvalue weighted by Crippen LogP contribution is -2.58. The van der Waals surface area contributed by atoms with Crippen molar-refractivity contribution in [1.29, 1.82) is 0 Å². The van der Waals surface area contributed by atoms with Crippen LogP contribution in [0.5, 0.6) is 0 Å². The number of imide groups is 2. The number of carbonyl (C=O) groups excluding carboxylic acids is 4. The number of piperidine rings is 2. The van der Waals surface area contributed by atoms with Crippen molar-refractivity contribution in [1.82, 2.24) is 54.5 Å². The fourth-order valence-corrected chi connectivity index (χ4v) is 8.90. The van der Waals surface area contributed by atoms with Crippen molar-refractivity contribution in [3.05, 3.63) is 65.9 Å². The number of anilines is 2.